The van der Waals surface area contributed by atoms with Crippen LogP contribution < -0.4 is 5.32 Å². The average Bonchev–Trinajstić information content (AvgIpc) is 3.26. The Morgan fingerprint density at radius 2 is 1.69 bits per heavy atom. The van der Waals surface area contributed by atoms with Crippen molar-refractivity contribution in [2.24, 2.45) is 5.92 Å². The summed E-state index contributed by atoms with van der Waals surface area (Å²) in [5.41, 5.74) is 2.81. The van der Waals surface area contributed by atoms with Crippen molar-refractivity contribution in [2.45, 2.75) is 64.3 Å². The molecule has 0 spiro atoms. The van der Waals surface area contributed by atoms with Gasteiger partial charge < -0.3 is 15.1 Å². The molecule has 1 aromatic heterocycles. The SMILES string of the molecule is CC(C)C[C@@H](C(=O)NC1CCCN(C(=O)Cc2cccc(-c3ccccn3)c2)CC1=O)N(Cc1ccc2ccccc2c1)C(=O)C(F)(F)F. The minimum absolute atomic E-state index is 0.0513. The summed E-state index contributed by atoms with van der Waals surface area (Å²) in [5.74, 6) is -3.89. The number of pyridine rings is 1. The number of nitrogens with one attached hydrogen (secondary N) is 1. The van der Waals surface area contributed by atoms with Gasteiger partial charge >= 0.3 is 12.1 Å². The first-order chi connectivity index (χ1) is 23.4. The lowest BCUT2D eigenvalue weighted by molar-refractivity contribution is -0.189. The monoisotopic (exact) mass is 672 g/mol. The van der Waals surface area contributed by atoms with E-state index < -0.39 is 42.4 Å². The first kappa shape index (κ1) is 35.3. The van der Waals surface area contributed by atoms with Crippen LogP contribution in [0.1, 0.15) is 44.2 Å². The number of halogens is 3. The summed E-state index contributed by atoms with van der Waals surface area (Å²) in [5, 5.41) is 4.33. The molecule has 1 saturated heterocycles. The highest BCUT2D eigenvalue weighted by atomic mass is 19.4. The molecule has 2 heterocycles. The second-order valence-electron chi connectivity index (χ2n) is 12.8. The Bertz CT molecular complexity index is 1810. The Labute approximate surface area is 283 Å². The number of hydrogen-bond acceptors (Lipinski definition) is 5. The van der Waals surface area contributed by atoms with Crippen molar-refractivity contribution >= 4 is 34.3 Å². The average molecular weight is 673 g/mol. The maximum absolute atomic E-state index is 14.0. The third-order valence-electron chi connectivity index (χ3n) is 8.61. The Balaban J connectivity index is 1.30. The topological polar surface area (TPSA) is 99.7 Å². The summed E-state index contributed by atoms with van der Waals surface area (Å²) in [6, 6.07) is 22.9. The lowest BCUT2D eigenvalue weighted by Gasteiger charge is -2.33. The van der Waals surface area contributed by atoms with Crippen molar-refractivity contribution in [1.29, 1.82) is 0 Å². The number of likely N-dealkylation sites (tertiary alicyclic amines) is 1. The Hall–Kier alpha value is -5.06. The summed E-state index contributed by atoms with van der Waals surface area (Å²) in [6.07, 6.45) is -2.92. The predicted octanol–water partition coefficient (Wildman–Crippen LogP) is 6.13. The zero-order valence-corrected chi connectivity index (χ0v) is 27.5. The zero-order chi connectivity index (χ0) is 35.1. The van der Waals surface area contributed by atoms with E-state index in [2.05, 4.69) is 10.3 Å². The highest BCUT2D eigenvalue weighted by molar-refractivity contribution is 5.96. The largest absolute Gasteiger partial charge is 0.471 e. The number of nitrogens with zero attached hydrogens (tertiary/aromatic N) is 3. The van der Waals surface area contributed by atoms with Gasteiger partial charge in [0.25, 0.3) is 0 Å². The molecule has 0 bridgehead atoms. The van der Waals surface area contributed by atoms with Crippen molar-refractivity contribution in [3.05, 3.63) is 102 Å². The summed E-state index contributed by atoms with van der Waals surface area (Å²) in [6.45, 7) is 3.09. The van der Waals surface area contributed by atoms with E-state index >= 15 is 0 Å². The van der Waals surface area contributed by atoms with Crippen molar-refractivity contribution in [3.8, 4) is 11.3 Å². The van der Waals surface area contributed by atoms with Gasteiger partial charge in [0.2, 0.25) is 11.8 Å². The lowest BCUT2D eigenvalue weighted by Crippen LogP contribution is -2.56. The summed E-state index contributed by atoms with van der Waals surface area (Å²) >= 11 is 0. The summed E-state index contributed by atoms with van der Waals surface area (Å²) < 4.78 is 41.9. The Morgan fingerprint density at radius 1 is 0.939 bits per heavy atom. The van der Waals surface area contributed by atoms with Gasteiger partial charge in [-0.15, -0.1) is 0 Å². The molecule has 256 valence electrons. The van der Waals surface area contributed by atoms with Crippen molar-refractivity contribution < 1.29 is 32.3 Å². The van der Waals surface area contributed by atoms with Crippen LogP contribution in [0, 0.1) is 5.92 Å². The second-order valence-corrected chi connectivity index (χ2v) is 12.8. The van der Waals surface area contributed by atoms with E-state index in [1.165, 1.54) is 4.90 Å². The Kier molecular flexibility index (Phi) is 11.1. The number of Topliss-reactive ketones (excluding diaryl/α,β-unsaturated/α-hetero) is 1. The van der Waals surface area contributed by atoms with Crippen LogP contribution in [0.3, 0.4) is 0 Å². The minimum atomic E-state index is -5.22. The van der Waals surface area contributed by atoms with Gasteiger partial charge in [0, 0.05) is 24.8 Å². The maximum Gasteiger partial charge on any atom is 0.471 e. The number of carbonyl (C=O) groups excluding carboxylic acids is 4. The van der Waals surface area contributed by atoms with Crippen LogP contribution in [0.4, 0.5) is 13.2 Å². The molecule has 1 aliphatic rings. The van der Waals surface area contributed by atoms with Gasteiger partial charge in [-0.2, -0.15) is 13.2 Å². The molecule has 0 radical (unpaired) electrons. The third kappa shape index (κ3) is 9.10. The molecule has 11 heteroatoms. The molecule has 3 aromatic carbocycles. The fraction of sp³-hybridized carbons (Fsp3) is 0.342. The normalized spacial score (nSPS) is 15.9. The molecule has 5 rings (SSSR count). The molecule has 1 N–H and O–H groups in total. The molecule has 3 amide bonds. The van der Waals surface area contributed by atoms with Gasteiger partial charge in [0.1, 0.15) is 6.04 Å². The number of hydrogen-bond donors (Lipinski definition) is 1. The molecule has 4 aromatic rings. The number of benzene rings is 3. The van der Waals surface area contributed by atoms with E-state index in [1.807, 2.05) is 60.7 Å². The van der Waals surface area contributed by atoms with Crippen LogP contribution in [-0.2, 0) is 32.1 Å². The predicted molar refractivity (Wildman–Crippen MR) is 180 cm³/mol. The number of alkyl halides is 3. The standard InChI is InChI=1S/C38H39F3N4O4/c1-25(2)19-33(45(37(49)38(39,40)41)23-27-15-16-28-10-3-4-11-29(28)21-27)36(48)43-32-14-8-18-44(24-34(32)46)35(47)22-26-9-7-12-30(20-26)31-13-5-6-17-42-31/h3-7,9-13,15-17,20-21,25,32-33H,8,14,18-19,22-24H2,1-2H3,(H,43,48)/t32?,33-/m0/s1. The number of fused-ring (bicyclic) bond motifs is 1. The molecule has 2 atom stereocenters. The van der Waals surface area contributed by atoms with Crippen LogP contribution in [-0.4, -0.2) is 69.6 Å². The summed E-state index contributed by atoms with van der Waals surface area (Å²) in [7, 11) is 0. The number of rotatable bonds is 10. The lowest BCUT2D eigenvalue weighted by atomic mass is 9.99. The van der Waals surface area contributed by atoms with E-state index in [1.54, 1.807) is 44.3 Å². The number of ketones is 1. The van der Waals surface area contributed by atoms with Gasteiger partial charge in [0.05, 0.1) is 24.7 Å². The molecule has 49 heavy (non-hydrogen) atoms. The van der Waals surface area contributed by atoms with E-state index in [0.717, 1.165) is 27.6 Å². The minimum Gasteiger partial charge on any atom is -0.344 e. The molecular formula is C38H39F3N4O4. The maximum atomic E-state index is 14.0. The van der Waals surface area contributed by atoms with Crippen LogP contribution >= 0.6 is 0 Å². The quantitative estimate of drug-likeness (QED) is 0.219. The molecule has 1 unspecified atom stereocenters. The van der Waals surface area contributed by atoms with Crippen molar-refractivity contribution in [1.82, 2.24) is 20.1 Å². The first-order valence-corrected chi connectivity index (χ1v) is 16.4. The fourth-order valence-corrected chi connectivity index (χ4v) is 6.16. The van der Waals surface area contributed by atoms with Crippen LogP contribution in [0.15, 0.2) is 91.1 Å². The molecule has 1 fully saturated rings. The van der Waals surface area contributed by atoms with Crippen molar-refractivity contribution in [2.75, 3.05) is 13.1 Å². The van der Waals surface area contributed by atoms with E-state index in [9.17, 15) is 32.3 Å². The highest BCUT2D eigenvalue weighted by Crippen LogP contribution is 2.27. The zero-order valence-electron chi connectivity index (χ0n) is 27.5. The van der Waals surface area contributed by atoms with Gasteiger partial charge in [-0.05, 0) is 71.3 Å². The van der Waals surface area contributed by atoms with Gasteiger partial charge in [-0.3, -0.25) is 24.2 Å². The van der Waals surface area contributed by atoms with E-state index in [-0.39, 0.29) is 44.2 Å². The van der Waals surface area contributed by atoms with Crippen LogP contribution in [0.5, 0.6) is 0 Å². The van der Waals surface area contributed by atoms with E-state index in [4.69, 9.17) is 0 Å². The number of aromatic nitrogens is 1. The molecular weight excluding hydrogens is 633 g/mol. The van der Waals surface area contributed by atoms with Gasteiger partial charge in [-0.25, -0.2) is 0 Å². The molecule has 0 aliphatic carbocycles. The molecule has 1 aliphatic heterocycles. The van der Waals surface area contributed by atoms with Crippen molar-refractivity contribution in [3.63, 3.8) is 0 Å². The number of amides is 3. The highest BCUT2D eigenvalue weighted by Gasteiger charge is 2.46. The number of carbonyl (C=O) groups is 4. The van der Waals surface area contributed by atoms with Crippen LogP contribution in [0.25, 0.3) is 22.0 Å². The Morgan fingerprint density at radius 3 is 2.41 bits per heavy atom. The third-order valence-corrected chi connectivity index (χ3v) is 8.61. The van der Waals surface area contributed by atoms with E-state index in [0.29, 0.717) is 16.9 Å². The first-order valence-electron chi connectivity index (χ1n) is 16.4. The smallest absolute Gasteiger partial charge is 0.344 e. The van der Waals surface area contributed by atoms with Gasteiger partial charge in [-0.1, -0.05) is 74.5 Å². The fourth-order valence-electron chi connectivity index (χ4n) is 6.16. The van der Waals surface area contributed by atoms with Gasteiger partial charge in [0.15, 0.2) is 5.78 Å². The summed E-state index contributed by atoms with van der Waals surface area (Å²) in [4.78, 5) is 59.7. The van der Waals surface area contributed by atoms with Crippen LogP contribution in [0.2, 0.25) is 0 Å². The molecule has 8 nitrogen and oxygen atoms in total. The second kappa shape index (κ2) is 15.4. The molecule has 0 saturated carbocycles.